The van der Waals surface area contributed by atoms with Gasteiger partial charge in [-0.1, -0.05) is 42.5 Å². The number of carboxylic acids is 1. The summed E-state index contributed by atoms with van der Waals surface area (Å²) in [6.07, 6.45) is 1.56. The number of aryl methyl sites for hydroxylation is 1. The number of benzene rings is 3. The predicted octanol–water partition coefficient (Wildman–Crippen LogP) is 0.843. The van der Waals surface area contributed by atoms with Crippen molar-refractivity contribution in [2.24, 2.45) is 0 Å². The van der Waals surface area contributed by atoms with Crippen LogP contribution in [-0.2, 0) is 17.6 Å². The van der Waals surface area contributed by atoms with Crippen molar-refractivity contribution in [2.45, 2.75) is 24.8 Å². The Balaban J connectivity index is 0.00000240. The molecular formula is C23H21ClFNO3. The van der Waals surface area contributed by atoms with Crippen LogP contribution in [0.1, 0.15) is 17.5 Å². The first-order chi connectivity index (χ1) is 13.5. The van der Waals surface area contributed by atoms with E-state index in [2.05, 4.69) is 5.73 Å². The van der Waals surface area contributed by atoms with Crippen molar-refractivity contribution in [2.75, 3.05) is 0 Å². The molecule has 1 aliphatic rings. The first-order valence-corrected chi connectivity index (χ1v) is 9.19. The maximum atomic E-state index is 14.3. The second kappa shape index (κ2) is 8.23. The van der Waals surface area contributed by atoms with E-state index in [1.807, 2.05) is 36.4 Å². The molecule has 0 spiro atoms. The van der Waals surface area contributed by atoms with Gasteiger partial charge in [-0.05, 0) is 41.8 Å². The highest BCUT2D eigenvalue weighted by atomic mass is 35.5. The van der Waals surface area contributed by atoms with E-state index in [1.54, 1.807) is 24.3 Å². The summed E-state index contributed by atoms with van der Waals surface area (Å²) in [5.41, 5.74) is 6.11. The van der Waals surface area contributed by atoms with E-state index in [1.165, 1.54) is 6.07 Å². The third-order valence-electron chi connectivity index (χ3n) is 5.31. The Morgan fingerprint density at radius 1 is 1.00 bits per heavy atom. The van der Waals surface area contributed by atoms with Crippen molar-refractivity contribution in [1.82, 2.24) is 0 Å². The molecule has 0 aromatic heterocycles. The van der Waals surface area contributed by atoms with E-state index in [4.69, 9.17) is 4.74 Å². The van der Waals surface area contributed by atoms with Crippen molar-refractivity contribution in [3.63, 3.8) is 0 Å². The average Bonchev–Trinajstić information content (AvgIpc) is 2.69. The van der Waals surface area contributed by atoms with Crippen LogP contribution in [0.5, 0.6) is 11.5 Å². The summed E-state index contributed by atoms with van der Waals surface area (Å²) >= 11 is 0. The number of carbonyl (C=O) groups is 1. The Morgan fingerprint density at radius 3 is 2.41 bits per heavy atom. The molecule has 3 aromatic rings. The lowest BCUT2D eigenvalue weighted by Gasteiger charge is -2.28. The van der Waals surface area contributed by atoms with Gasteiger partial charge in [0.25, 0.3) is 0 Å². The molecule has 150 valence electrons. The molecule has 0 fully saturated rings. The number of carboxylic acid groups (broad SMARTS) is 1. The van der Waals surface area contributed by atoms with Crippen LogP contribution in [0.15, 0.2) is 66.7 Å². The zero-order valence-corrected chi connectivity index (χ0v) is 16.5. The van der Waals surface area contributed by atoms with E-state index >= 15 is 0 Å². The van der Waals surface area contributed by atoms with Crippen LogP contribution < -0.4 is 22.9 Å². The fraction of sp³-hybridized carbons (Fsp3) is 0.174. The lowest BCUT2D eigenvalue weighted by atomic mass is 9.78. The van der Waals surface area contributed by atoms with Gasteiger partial charge in [-0.3, -0.25) is 0 Å². The lowest BCUT2D eigenvalue weighted by Crippen LogP contribution is -3.00. The number of quaternary nitrogens is 1. The number of fused-ring (bicyclic) bond motifs is 1. The number of para-hydroxylation sites is 1. The van der Waals surface area contributed by atoms with E-state index in [0.29, 0.717) is 41.9 Å². The number of ether oxygens (including phenoxy) is 1. The predicted molar refractivity (Wildman–Crippen MR) is 104 cm³/mol. The zero-order chi connectivity index (χ0) is 19.7. The molecule has 4 nitrogen and oxygen atoms in total. The molecule has 3 aromatic carbocycles. The number of hydrogen-bond donors (Lipinski definition) is 2. The Hall–Kier alpha value is -2.89. The number of halogens is 2. The average molecular weight is 414 g/mol. The molecule has 4 rings (SSSR count). The van der Waals surface area contributed by atoms with Crippen LogP contribution >= 0.6 is 0 Å². The normalized spacial score (nSPS) is 17.7. The van der Waals surface area contributed by atoms with Crippen LogP contribution in [0.3, 0.4) is 0 Å². The number of rotatable bonds is 4. The minimum absolute atomic E-state index is 0. The van der Waals surface area contributed by atoms with Crippen molar-refractivity contribution < 1.29 is 37.2 Å². The van der Waals surface area contributed by atoms with Crippen molar-refractivity contribution >= 4 is 5.97 Å². The van der Waals surface area contributed by atoms with Gasteiger partial charge in [0.15, 0.2) is 5.54 Å². The second-order valence-corrected chi connectivity index (χ2v) is 7.27. The molecule has 4 N–H and O–H groups in total. The fourth-order valence-electron chi connectivity index (χ4n) is 3.67. The second-order valence-electron chi connectivity index (χ2n) is 7.27. The molecule has 0 bridgehead atoms. The summed E-state index contributed by atoms with van der Waals surface area (Å²) in [4.78, 5) is 11.6. The topological polar surface area (TPSA) is 74.2 Å². The molecule has 0 aliphatic heterocycles. The van der Waals surface area contributed by atoms with E-state index in [0.717, 1.165) is 11.1 Å². The van der Waals surface area contributed by atoms with Crippen molar-refractivity contribution in [3.8, 4) is 22.6 Å². The van der Waals surface area contributed by atoms with E-state index < -0.39 is 11.5 Å². The van der Waals surface area contributed by atoms with Gasteiger partial charge in [-0.25, -0.2) is 9.18 Å². The summed E-state index contributed by atoms with van der Waals surface area (Å²) in [5, 5.41) is 9.49. The highest BCUT2D eigenvalue weighted by Crippen LogP contribution is 2.36. The summed E-state index contributed by atoms with van der Waals surface area (Å²) in [6.45, 7) is 0. The van der Waals surface area contributed by atoms with E-state index in [9.17, 15) is 14.3 Å². The van der Waals surface area contributed by atoms with Crippen LogP contribution in [0.2, 0.25) is 0 Å². The summed E-state index contributed by atoms with van der Waals surface area (Å²) < 4.78 is 20.3. The molecule has 0 saturated carbocycles. The quantitative estimate of drug-likeness (QED) is 0.665. The molecule has 1 aliphatic carbocycles. The molecule has 1 atom stereocenters. The lowest BCUT2D eigenvalue weighted by molar-refractivity contribution is -0.464. The van der Waals surface area contributed by atoms with Gasteiger partial charge in [0.1, 0.15) is 17.3 Å². The largest absolute Gasteiger partial charge is 1.00 e. The Morgan fingerprint density at radius 2 is 1.69 bits per heavy atom. The third-order valence-corrected chi connectivity index (χ3v) is 5.31. The minimum atomic E-state index is -1.00. The maximum absolute atomic E-state index is 14.3. The van der Waals surface area contributed by atoms with Crippen LogP contribution in [-0.4, -0.2) is 16.6 Å². The summed E-state index contributed by atoms with van der Waals surface area (Å²) in [7, 11) is 0. The van der Waals surface area contributed by atoms with Gasteiger partial charge in [-0.2, -0.15) is 0 Å². The minimum Gasteiger partial charge on any atom is -1.00 e. The van der Waals surface area contributed by atoms with E-state index in [-0.39, 0.29) is 18.2 Å². The molecule has 6 heteroatoms. The first kappa shape index (κ1) is 20.8. The molecule has 29 heavy (non-hydrogen) atoms. The fourth-order valence-corrected chi connectivity index (χ4v) is 3.67. The molecule has 1 unspecified atom stereocenters. The maximum Gasteiger partial charge on any atom is 0.365 e. The SMILES string of the molecule is [Cl-].[NH3+]C1(C(=O)O)CCc2ccc(Oc3ccccc3-c3ccccc3F)cc2C1. The highest BCUT2D eigenvalue weighted by Gasteiger charge is 2.41. The molecule has 0 radical (unpaired) electrons. The molecule has 0 saturated heterocycles. The molecule has 0 amide bonds. The monoisotopic (exact) mass is 413 g/mol. The first-order valence-electron chi connectivity index (χ1n) is 9.19. The molecular weight excluding hydrogens is 393 g/mol. The molecule has 0 heterocycles. The van der Waals surface area contributed by atoms with Gasteiger partial charge in [0.2, 0.25) is 0 Å². The smallest absolute Gasteiger partial charge is 0.365 e. The van der Waals surface area contributed by atoms with Crippen LogP contribution in [0.4, 0.5) is 4.39 Å². The third kappa shape index (κ3) is 4.11. The summed E-state index contributed by atoms with van der Waals surface area (Å²) in [5.74, 6) is -0.0543. The van der Waals surface area contributed by atoms with Gasteiger partial charge in [-0.15, -0.1) is 0 Å². The standard InChI is InChI=1S/C23H20FNO3.ClH/c24-20-7-3-1-5-18(20)19-6-2-4-8-21(19)28-17-10-9-15-11-12-23(25,22(26)27)14-16(15)13-17;/h1-10,13H,11-12,14,25H2,(H,26,27);1H. The number of aliphatic carboxylic acids is 1. The van der Waals surface area contributed by atoms with Gasteiger partial charge in [0, 0.05) is 24.0 Å². The zero-order valence-electron chi connectivity index (χ0n) is 15.7. The van der Waals surface area contributed by atoms with Crippen molar-refractivity contribution in [3.05, 3.63) is 83.7 Å². The Labute approximate surface area is 174 Å². The Kier molecular flexibility index (Phi) is 5.91. The van der Waals surface area contributed by atoms with Gasteiger partial charge < -0.3 is 28.0 Å². The van der Waals surface area contributed by atoms with Gasteiger partial charge >= 0.3 is 5.97 Å². The van der Waals surface area contributed by atoms with Crippen molar-refractivity contribution in [1.29, 1.82) is 0 Å². The Bertz CT molecular complexity index is 1060. The van der Waals surface area contributed by atoms with Gasteiger partial charge in [0.05, 0.1) is 0 Å². The summed E-state index contributed by atoms with van der Waals surface area (Å²) in [6, 6.07) is 19.6. The van der Waals surface area contributed by atoms with Crippen LogP contribution in [0, 0.1) is 5.82 Å². The number of hydrogen-bond acceptors (Lipinski definition) is 2. The van der Waals surface area contributed by atoms with Crippen LogP contribution in [0.25, 0.3) is 11.1 Å². The highest BCUT2D eigenvalue weighted by molar-refractivity contribution is 5.78.